The second-order valence-corrected chi connectivity index (χ2v) is 3.37. The largest absolute Gasteiger partial charge is 0.506 e. The molecule has 4 N–H and O–H groups in total. The molecule has 0 fully saturated rings. The Hall–Kier alpha value is -2.15. The minimum absolute atomic E-state index is 0.110. The van der Waals surface area contributed by atoms with Crippen LogP contribution in [-0.2, 0) is 0 Å². The molecule has 0 bridgehead atoms. The van der Waals surface area contributed by atoms with Gasteiger partial charge in [0.25, 0.3) is 5.91 Å². The molecule has 1 atom stereocenters. The Morgan fingerprint density at radius 2 is 2.38 bits per heavy atom. The summed E-state index contributed by atoms with van der Waals surface area (Å²) in [4.78, 5) is 11.7. The molecule has 1 amide bonds. The topological polar surface area (TPSA) is 75.4 Å². The zero-order valence-electron chi connectivity index (χ0n) is 9.03. The number of nitrogens with two attached hydrogens (primary N) is 1. The first kappa shape index (κ1) is 11.9. The van der Waals surface area contributed by atoms with Crippen molar-refractivity contribution in [2.24, 2.45) is 0 Å². The SMILES string of the molecule is C#CC(CC)NC(=O)c1ccc(N)c(O)c1. The van der Waals surface area contributed by atoms with Crippen LogP contribution in [0, 0.1) is 12.3 Å². The number of phenols is 1. The second-order valence-electron chi connectivity index (χ2n) is 3.37. The summed E-state index contributed by atoms with van der Waals surface area (Å²) in [5, 5.41) is 12.0. The van der Waals surface area contributed by atoms with Gasteiger partial charge in [-0.15, -0.1) is 6.42 Å². The highest BCUT2D eigenvalue weighted by Crippen LogP contribution is 2.20. The van der Waals surface area contributed by atoms with Crippen LogP contribution in [0.15, 0.2) is 18.2 Å². The van der Waals surface area contributed by atoms with E-state index in [-0.39, 0.29) is 23.4 Å². The number of carbonyl (C=O) groups excluding carboxylic acids is 1. The van der Waals surface area contributed by atoms with Crippen molar-refractivity contribution in [3.05, 3.63) is 23.8 Å². The van der Waals surface area contributed by atoms with Crippen LogP contribution in [0.25, 0.3) is 0 Å². The first-order valence-corrected chi connectivity index (χ1v) is 4.94. The lowest BCUT2D eigenvalue weighted by Gasteiger charge is -2.11. The number of terminal acetylenes is 1. The van der Waals surface area contributed by atoms with Gasteiger partial charge in [-0.05, 0) is 24.6 Å². The van der Waals surface area contributed by atoms with Gasteiger partial charge >= 0.3 is 0 Å². The zero-order chi connectivity index (χ0) is 12.1. The number of aromatic hydroxyl groups is 1. The molecule has 1 aromatic carbocycles. The van der Waals surface area contributed by atoms with Crippen molar-refractivity contribution in [3.8, 4) is 18.1 Å². The van der Waals surface area contributed by atoms with Gasteiger partial charge in [0.2, 0.25) is 0 Å². The van der Waals surface area contributed by atoms with Crippen LogP contribution in [0.1, 0.15) is 23.7 Å². The monoisotopic (exact) mass is 218 g/mol. The number of hydrogen-bond donors (Lipinski definition) is 3. The average Bonchev–Trinajstić information content (AvgIpc) is 2.29. The van der Waals surface area contributed by atoms with Crippen molar-refractivity contribution >= 4 is 11.6 Å². The normalized spacial score (nSPS) is 11.5. The molecule has 0 heterocycles. The molecule has 84 valence electrons. The van der Waals surface area contributed by atoms with E-state index in [4.69, 9.17) is 12.2 Å². The quantitative estimate of drug-likeness (QED) is 0.404. The summed E-state index contributed by atoms with van der Waals surface area (Å²) >= 11 is 0. The smallest absolute Gasteiger partial charge is 0.252 e. The van der Waals surface area contributed by atoms with E-state index in [1.54, 1.807) is 0 Å². The first-order chi connectivity index (χ1) is 7.58. The Morgan fingerprint density at radius 3 is 2.88 bits per heavy atom. The molecule has 16 heavy (non-hydrogen) atoms. The molecule has 0 aliphatic rings. The molecule has 1 unspecified atom stereocenters. The van der Waals surface area contributed by atoms with Gasteiger partial charge in [-0.25, -0.2) is 0 Å². The van der Waals surface area contributed by atoms with E-state index in [1.165, 1.54) is 18.2 Å². The molecule has 0 saturated heterocycles. The predicted molar refractivity (Wildman–Crippen MR) is 62.9 cm³/mol. The number of rotatable bonds is 3. The molecular weight excluding hydrogens is 204 g/mol. The summed E-state index contributed by atoms with van der Waals surface area (Å²) in [6.45, 7) is 1.88. The van der Waals surface area contributed by atoms with Gasteiger partial charge in [0.05, 0.1) is 11.7 Å². The van der Waals surface area contributed by atoms with Gasteiger partial charge in [-0.3, -0.25) is 4.79 Å². The fourth-order valence-corrected chi connectivity index (χ4v) is 1.19. The lowest BCUT2D eigenvalue weighted by atomic mass is 10.1. The van der Waals surface area contributed by atoms with E-state index in [9.17, 15) is 9.90 Å². The van der Waals surface area contributed by atoms with Crippen LogP contribution in [0.5, 0.6) is 5.75 Å². The molecule has 4 heteroatoms. The Morgan fingerprint density at radius 1 is 1.69 bits per heavy atom. The molecule has 1 aromatic rings. The third-order valence-corrected chi connectivity index (χ3v) is 2.21. The van der Waals surface area contributed by atoms with Crippen LogP contribution in [0.3, 0.4) is 0 Å². The summed E-state index contributed by atoms with van der Waals surface area (Å²) in [5.41, 5.74) is 6.00. The highest BCUT2D eigenvalue weighted by Gasteiger charge is 2.11. The van der Waals surface area contributed by atoms with Crippen molar-refractivity contribution in [3.63, 3.8) is 0 Å². The highest BCUT2D eigenvalue weighted by molar-refractivity contribution is 5.95. The van der Waals surface area contributed by atoms with E-state index >= 15 is 0 Å². The maximum Gasteiger partial charge on any atom is 0.252 e. The molecular formula is C12H14N2O2. The molecule has 0 aromatic heterocycles. The van der Waals surface area contributed by atoms with Gasteiger partial charge < -0.3 is 16.2 Å². The van der Waals surface area contributed by atoms with E-state index in [0.717, 1.165) is 0 Å². The Labute approximate surface area is 94.5 Å². The summed E-state index contributed by atoms with van der Waals surface area (Å²) in [5.74, 6) is 2.03. The van der Waals surface area contributed by atoms with Crippen LogP contribution >= 0.6 is 0 Å². The van der Waals surface area contributed by atoms with E-state index in [0.29, 0.717) is 12.0 Å². The number of benzene rings is 1. The Balaban J connectivity index is 2.81. The van der Waals surface area contributed by atoms with Crippen molar-refractivity contribution in [1.82, 2.24) is 5.32 Å². The third kappa shape index (κ3) is 2.67. The van der Waals surface area contributed by atoms with E-state index < -0.39 is 0 Å². The maximum atomic E-state index is 11.7. The Bertz CT molecular complexity index is 435. The summed E-state index contributed by atoms with van der Waals surface area (Å²) in [6, 6.07) is 4.02. The fourth-order valence-electron chi connectivity index (χ4n) is 1.19. The average molecular weight is 218 g/mol. The second kappa shape index (κ2) is 5.08. The molecule has 0 aliphatic heterocycles. The highest BCUT2D eigenvalue weighted by atomic mass is 16.3. The molecule has 1 rings (SSSR count). The number of amides is 1. The molecule has 0 spiro atoms. The minimum Gasteiger partial charge on any atom is -0.506 e. The number of anilines is 1. The van der Waals surface area contributed by atoms with E-state index in [2.05, 4.69) is 11.2 Å². The van der Waals surface area contributed by atoms with Crippen LogP contribution in [-0.4, -0.2) is 17.1 Å². The number of carbonyl (C=O) groups is 1. The molecule has 0 radical (unpaired) electrons. The van der Waals surface area contributed by atoms with Gasteiger partial charge in [0.15, 0.2) is 0 Å². The standard InChI is InChI=1S/C12H14N2O2/c1-3-9(4-2)14-12(16)8-5-6-10(13)11(15)7-8/h1,5-7,9,15H,4,13H2,2H3,(H,14,16). The van der Waals surface area contributed by atoms with Crippen molar-refractivity contribution < 1.29 is 9.90 Å². The van der Waals surface area contributed by atoms with Crippen molar-refractivity contribution in [2.75, 3.05) is 5.73 Å². The van der Waals surface area contributed by atoms with Crippen molar-refractivity contribution in [1.29, 1.82) is 0 Å². The summed E-state index contributed by atoms with van der Waals surface area (Å²) in [6.07, 6.45) is 5.89. The lowest BCUT2D eigenvalue weighted by Crippen LogP contribution is -2.33. The summed E-state index contributed by atoms with van der Waals surface area (Å²) in [7, 11) is 0. The van der Waals surface area contributed by atoms with Gasteiger partial charge in [0.1, 0.15) is 5.75 Å². The zero-order valence-corrected chi connectivity index (χ0v) is 9.03. The minimum atomic E-state index is -0.319. The summed E-state index contributed by atoms with van der Waals surface area (Å²) < 4.78 is 0. The number of hydrogen-bond acceptors (Lipinski definition) is 3. The van der Waals surface area contributed by atoms with Crippen molar-refractivity contribution in [2.45, 2.75) is 19.4 Å². The number of phenolic OH excluding ortho intramolecular Hbond substituents is 1. The maximum absolute atomic E-state index is 11.7. The number of nitrogen functional groups attached to an aromatic ring is 1. The number of nitrogens with one attached hydrogen (secondary N) is 1. The van der Waals surface area contributed by atoms with Gasteiger partial charge in [0, 0.05) is 5.56 Å². The lowest BCUT2D eigenvalue weighted by molar-refractivity contribution is 0.0944. The van der Waals surface area contributed by atoms with E-state index in [1.807, 2.05) is 6.92 Å². The van der Waals surface area contributed by atoms with Gasteiger partial charge in [-0.2, -0.15) is 0 Å². The van der Waals surface area contributed by atoms with Crippen LogP contribution in [0.2, 0.25) is 0 Å². The Kier molecular flexibility index (Phi) is 3.78. The fraction of sp³-hybridized carbons (Fsp3) is 0.250. The first-order valence-electron chi connectivity index (χ1n) is 4.94. The predicted octanol–water partition coefficient (Wildman–Crippen LogP) is 1.12. The third-order valence-electron chi connectivity index (χ3n) is 2.21. The van der Waals surface area contributed by atoms with Crippen LogP contribution in [0.4, 0.5) is 5.69 Å². The van der Waals surface area contributed by atoms with Crippen LogP contribution < -0.4 is 11.1 Å². The molecule has 0 saturated carbocycles. The molecule has 0 aliphatic carbocycles. The van der Waals surface area contributed by atoms with Gasteiger partial charge in [-0.1, -0.05) is 12.8 Å². The molecule has 4 nitrogen and oxygen atoms in total.